The van der Waals surface area contributed by atoms with Crippen LogP contribution in [0.3, 0.4) is 0 Å². The predicted molar refractivity (Wildman–Crippen MR) is 150 cm³/mol. The van der Waals surface area contributed by atoms with Crippen molar-refractivity contribution in [3.8, 4) is 17.1 Å². The van der Waals surface area contributed by atoms with E-state index in [4.69, 9.17) is 9.72 Å². The van der Waals surface area contributed by atoms with Crippen LogP contribution in [0.15, 0.2) is 34.2 Å². The summed E-state index contributed by atoms with van der Waals surface area (Å²) in [5.74, 6) is 0.851. The second-order valence-corrected chi connectivity index (χ2v) is 12.5. The van der Waals surface area contributed by atoms with E-state index in [1.165, 1.54) is 15.0 Å². The van der Waals surface area contributed by atoms with E-state index in [2.05, 4.69) is 20.1 Å². The molecule has 13 nitrogen and oxygen atoms in total. The highest BCUT2D eigenvalue weighted by atomic mass is 32.2. The summed E-state index contributed by atoms with van der Waals surface area (Å²) in [6.45, 7) is 10.4. The topological polar surface area (TPSA) is 151 Å². The molecule has 4 aromatic rings. The Hall–Kier alpha value is -3.33. The molecule has 40 heavy (non-hydrogen) atoms. The van der Waals surface area contributed by atoms with Gasteiger partial charge in [-0.2, -0.15) is 4.31 Å². The van der Waals surface area contributed by atoms with Crippen LogP contribution in [-0.2, 0) is 16.6 Å². The molecule has 5 rings (SSSR count). The van der Waals surface area contributed by atoms with E-state index in [1.54, 1.807) is 22.8 Å². The van der Waals surface area contributed by atoms with Crippen LogP contribution in [-0.4, -0.2) is 96.8 Å². The Bertz CT molecular complexity index is 1680. The first-order valence-corrected chi connectivity index (χ1v) is 15.0. The molecule has 1 aliphatic rings. The van der Waals surface area contributed by atoms with Crippen molar-refractivity contribution < 1.29 is 18.3 Å². The average molecular weight is 573 g/mol. The Morgan fingerprint density at radius 2 is 1.85 bits per heavy atom. The van der Waals surface area contributed by atoms with Crippen LogP contribution < -0.4 is 10.4 Å². The molecule has 216 valence electrons. The zero-order valence-electron chi connectivity index (χ0n) is 23.3. The number of H-pyrrole nitrogens is 1. The van der Waals surface area contributed by atoms with Crippen molar-refractivity contribution >= 4 is 26.8 Å². The summed E-state index contributed by atoms with van der Waals surface area (Å²) in [5.41, 5.74) is 1.04. The molecule has 3 aromatic heterocycles. The van der Waals surface area contributed by atoms with E-state index in [0.29, 0.717) is 79.7 Å². The number of ether oxygens (including phenoxy) is 1. The molecular weight excluding hydrogens is 536 g/mol. The molecule has 1 aromatic carbocycles. The molecule has 0 amide bonds. The quantitative estimate of drug-likeness (QED) is 0.289. The Morgan fingerprint density at radius 1 is 1.10 bits per heavy atom. The maximum Gasteiger partial charge on any atom is 0.336 e. The lowest BCUT2D eigenvalue weighted by Crippen LogP contribution is -2.56. The van der Waals surface area contributed by atoms with Crippen molar-refractivity contribution in [2.45, 2.75) is 57.5 Å². The SMILES string of the molecule is CCCOc1ccc(S(=O)(=O)N2CCN(C(C)(C)CO)CC2)cc1-c1nc2c([nH]1)c1nncn1c(=O)n2CCC. The predicted octanol–water partition coefficient (Wildman–Crippen LogP) is 1.71. The fourth-order valence-corrected chi connectivity index (χ4v) is 6.46. The number of imidazole rings is 1. The molecule has 2 N–H and O–H groups in total. The zero-order valence-corrected chi connectivity index (χ0v) is 24.1. The molecule has 0 radical (unpaired) electrons. The monoisotopic (exact) mass is 572 g/mol. The third kappa shape index (κ3) is 4.89. The molecule has 1 fully saturated rings. The number of sulfonamides is 1. The van der Waals surface area contributed by atoms with Crippen molar-refractivity contribution in [3.05, 3.63) is 35.0 Å². The third-order valence-electron chi connectivity index (χ3n) is 7.38. The first kappa shape index (κ1) is 28.2. The Kier molecular flexibility index (Phi) is 7.70. The van der Waals surface area contributed by atoms with Crippen LogP contribution in [0.4, 0.5) is 0 Å². The maximum absolute atomic E-state index is 13.7. The number of aliphatic hydroxyl groups excluding tert-OH is 1. The normalized spacial score (nSPS) is 15.8. The number of nitrogens with one attached hydrogen (secondary N) is 1. The third-order valence-corrected chi connectivity index (χ3v) is 9.28. The number of hydrogen-bond acceptors (Lipinski definition) is 9. The van der Waals surface area contributed by atoms with Gasteiger partial charge < -0.3 is 14.8 Å². The van der Waals surface area contributed by atoms with Crippen molar-refractivity contribution in [1.29, 1.82) is 0 Å². The molecule has 14 heteroatoms. The summed E-state index contributed by atoms with van der Waals surface area (Å²) in [4.78, 5) is 23.3. The fraction of sp³-hybridized carbons (Fsp3) is 0.538. The standard InChI is InChI=1S/C26H36N8O5S/c1-5-9-33-23-21(24-30-27-17-34(24)25(33)36)28-22(29-23)19-15-18(7-8-20(19)39-14-6-2)40(37,38)32-12-10-31(11-13-32)26(3,4)16-35/h7-8,15,17,35H,5-6,9-14,16H2,1-4H3,(H,28,29). The highest BCUT2D eigenvalue weighted by Crippen LogP contribution is 2.34. The highest BCUT2D eigenvalue weighted by molar-refractivity contribution is 7.89. The van der Waals surface area contributed by atoms with E-state index in [1.807, 2.05) is 27.7 Å². The van der Waals surface area contributed by atoms with Crippen molar-refractivity contribution in [2.24, 2.45) is 0 Å². The van der Waals surface area contributed by atoms with Crippen LogP contribution >= 0.6 is 0 Å². The van der Waals surface area contributed by atoms with Gasteiger partial charge in [-0.15, -0.1) is 10.2 Å². The summed E-state index contributed by atoms with van der Waals surface area (Å²) in [6, 6.07) is 4.79. The number of fused-ring (bicyclic) bond motifs is 3. The van der Waals surface area contributed by atoms with Crippen molar-refractivity contribution in [2.75, 3.05) is 39.4 Å². The minimum atomic E-state index is -3.82. The van der Waals surface area contributed by atoms with Crippen LogP contribution in [0.2, 0.25) is 0 Å². The molecule has 0 unspecified atom stereocenters. The largest absolute Gasteiger partial charge is 0.493 e. The minimum absolute atomic E-state index is 0.00690. The molecule has 0 bridgehead atoms. The van der Waals surface area contributed by atoms with Crippen LogP contribution in [0.25, 0.3) is 28.2 Å². The zero-order chi connectivity index (χ0) is 28.7. The summed E-state index contributed by atoms with van der Waals surface area (Å²) in [7, 11) is -3.82. The van der Waals surface area contributed by atoms with Crippen LogP contribution in [0.5, 0.6) is 5.75 Å². The first-order valence-electron chi connectivity index (χ1n) is 13.6. The smallest absolute Gasteiger partial charge is 0.336 e. The Morgan fingerprint density at radius 3 is 2.52 bits per heavy atom. The molecule has 4 heterocycles. The van der Waals surface area contributed by atoms with Gasteiger partial charge in [-0.1, -0.05) is 13.8 Å². The lowest BCUT2D eigenvalue weighted by atomic mass is 10.0. The molecule has 0 atom stereocenters. The van der Waals surface area contributed by atoms with E-state index < -0.39 is 15.6 Å². The van der Waals surface area contributed by atoms with E-state index in [9.17, 15) is 18.3 Å². The van der Waals surface area contributed by atoms with Crippen molar-refractivity contribution in [1.82, 2.24) is 38.3 Å². The molecular formula is C26H36N8O5S. The molecule has 0 aliphatic carbocycles. The fourth-order valence-electron chi connectivity index (χ4n) is 5.01. The number of rotatable bonds is 10. The van der Waals surface area contributed by atoms with E-state index in [0.717, 1.165) is 6.42 Å². The molecule has 0 spiro atoms. The van der Waals surface area contributed by atoms with Gasteiger partial charge >= 0.3 is 5.69 Å². The number of aliphatic hydroxyl groups is 1. The Balaban J connectivity index is 1.58. The number of aromatic amines is 1. The van der Waals surface area contributed by atoms with Gasteiger partial charge in [-0.05, 0) is 44.9 Å². The average Bonchev–Trinajstić information content (AvgIpc) is 3.62. The summed E-state index contributed by atoms with van der Waals surface area (Å²) in [6.07, 6.45) is 2.85. The maximum atomic E-state index is 13.7. The second-order valence-electron chi connectivity index (χ2n) is 10.6. The molecule has 1 aliphatic heterocycles. The van der Waals surface area contributed by atoms with Crippen LogP contribution in [0.1, 0.15) is 40.5 Å². The Labute approximate surface area is 232 Å². The number of benzene rings is 1. The van der Waals surface area contributed by atoms with Gasteiger partial charge in [0.2, 0.25) is 10.0 Å². The van der Waals surface area contributed by atoms with Gasteiger partial charge in [0.05, 0.1) is 23.7 Å². The molecule has 1 saturated heterocycles. The highest BCUT2D eigenvalue weighted by Gasteiger charge is 2.34. The first-order chi connectivity index (χ1) is 19.1. The number of nitrogens with zero attached hydrogens (tertiary/aromatic N) is 7. The molecule has 0 saturated carbocycles. The van der Waals surface area contributed by atoms with Crippen molar-refractivity contribution in [3.63, 3.8) is 0 Å². The van der Waals surface area contributed by atoms with E-state index >= 15 is 0 Å². The van der Waals surface area contributed by atoms with Gasteiger partial charge in [0.25, 0.3) is 0 Å². The van der Waals surface area contributed by atoms with Gasteiger partial charge in [-0.3, -0.25) is 9.47 Å². The van der Waals surface area contributed by atoms with Gasteiger partial charge in [0.15, 0.2) is 11.3 Å². The summed E-state index contributed by atoms with van der Waals surface area (Å²) >= 11 is 0. The van der Waals surface area contributed by atoms with E-state index in [-0.39, 0.29) is 17.2 Å². The van der Waals surface area contributed by atoms with Gasteiger partial charge in [-0.25, -0.2) is 22.6 Å². The summed E-state index contributed by atoms with van der Waals surface area (Å²) < 4.78 is 37.9. The number of piperazine rings is 1. The van der Waals surface area contributed by atoms with Crippen LogP contribution in [0, 0.1) is 0 Å². The lowest BCUT2D eigenvalue weighted by Gasteiger charge is -2.42. The number of aryl methyl sites for hydroxylation is 1. The summed E-state index contributed by atoms with van der Waals surface area (Å²) in [5, 5.41) is 17.7. The number of hydrogen-bond donors (Lipinski definition) is 2. The lowest BCUT2D eigenvalue weighted by molar-refractivity contribution is 0.0334. The van der Waals surface area contributed by atoms with Gasteiger partial charge in [0, 0.05) is 38.3 Å². The second kappa shape index (κ2) is 10.9. The number of aromatic nitrogens is 6. The van der Waals surface area contributed by atoms with Gasteiger partial charge in [0.1, 0.15) is 23.4 Å². The minimum Gasteiger partial charge on any atom is -0.493 e.